The Morgan fingerprint density at radius 1 is 1.50 bits per heavy atom. The van der Waals surface area contributed by atoms with Gasteiger partial charge in [-0.1, -0.05) is 27.7 Å². The summed E-state index contributed by atoms with van der Waals surface area (Å²) in [6, 6.07) is 0. The van der Waals surface area contributed by atoms with Gasteiger partial charge in [0.2, 0.25) is 5.91 Å². The molecular weight excluding hydrogens is 200 g/mol. The molecule has 0 radical (unpaired) electrons. The van der Waals surface area contributed by atoms with E-state index in [0.29, 0.717) is 0 Å². The van der Waals surface area contributed by atoms with Crippen LogP contribution in [0.1, 0.15) is 40.5 Å². The molecule has 16 heavy (non-hydrogen) atoms. The first-order valence-corrected chi connectivity index (χ1v) is 6.39. The largest absolute Gasteiger partial charge is 0.356 e. The van der Waals surface area contributed by atoms with Crippen LogP contribution in [0.15, 0.2) is 0 Å². The van der Waals surface area contributed by atoms with E-state index in [4.69, 9.17) is 0 Å². The van der Waals surface area contributed by atoms with Crippen LogP contribution in [0.4, 0.5) is 0 Å². The van der Waals surface area contributed by atoms with Crippen molar-refractivity contribution in [1.82, 2.24) is 10.6 Å². The zero-order valence-corrected chi connectivity index (χ0v) is 11.1. The van der Waals surface area contributed by atoms with Crippen molar-refractivity contribution in [3.63, 3.8) is 0 Å². The third-order valence-electron chi connectivity index (χ3n) is 3.71. The van der Waals surface area contributed by atoms with Crippen LogP contribution in [0.5, 0.6) is 0 Å². The number of amides is 1. The average Bonchev–Trinajstić information content (AvgIpc) is 2.67. The minimum absolute atomic E-state index is 0.0546. The first-order valence-electron chi connectivity index (χ1n) is 6.39. The highest BCUT2D eigenvalue weighted by Gasteiger charge is 2.26. The molecule has 1 heterocycles. The molecule has 2 unspecified atom stereocenters. The number of hydrogen-bond donors (Lipinski definition) is 2. The minimum Gasteiger partial charge on any atom is -0.356 e. The topological polar surface area (TPSA) is 41.1 Å². The Kier molecular flexibility index (Phi) is 4.78. The number of rotatable bonds is 4. The fourth-order valence-electron chi connectivity index (χ4n) is 1.91. The molecule has 2 atom stereocenters. The van der Waals surface area contributed by atoms with Crippen molar-refractivity contribution >= 4 is 5.91 Å². The van der Waals surface area contributed by atoms with Crippen LogP contribution in [-0.4, -0.2) is 25.5 Å². The smallest absolute Gasteiger partial charge is 0.223 e. The van der Waals surface area contributed by atoms with E-state index in [1.807, 2.05) is 6.92 Å². The predicted octanol–water partition coefficient (Wildman–Crippen LogP) is 1.78. The third kappa shape index (κ3) is 4.12. The van der Waals surface area contributed by atoms with Gasteiger partial charge in [-0.3, -0.25) is 4.79 Å². The van der Waals surface area contributed by atoms with Crippen molar-refractivity contribution in [3.8, 4) is 0 Å². The Balaban J connectivity index is 2.19. The molecule has 1 saturated heterocycles. The van der Waals surface area contributed by atoms with Crippen molar-refractivity contribution in [2.24, 2.45) is 17.3 Å². The van der Waals surface area contributed by atoms with E-state index < -0.39 is 0 Å². The fourth-order valence-corrected chi connectivity index (χ4v) is 1.91. The monoisotopic (exact) mass is 226 g/mol. The van der Waals surface area contributed by atoms with Gasteiger partial charge in [-0.2, -0.15) is 0 Å². The summed E-state index contributed by atoms with van der Waals surface area (Å²) in [7, 11) is 0. The molecule has 1 aliphatic heterocycles. The zero-order valence-electron chi connectivity index (χ0n) is 11.1. The number of carbonyl (C=O) groups is 1. The van der Waals surface area contributed by atoms with Crippen LogP contribution in [0.3, 0.4) is 0 Å². The quantitative estimate of drug-likeness (QED) is 0.767. The molecule has 1 rings (SSSR count). The third-order valence-corrected chi connectivity index (χ3v) is 3.71. The second kappa shape index (κ2) is 5.67. The average molecular weight is 226 g/mol. The van der Waals surface area contributed by atoms with Crippen LogP contribution < -0.4 is 10.6 Å². The number of hydrogen-bond acceptors (Lipinski definition) is 2. The molecule has 0 bridgehead atoms. The number of nitrogens with one attached hydrogen (secondary N) is 2. The van der Waals surface area contributed by atoms with Crippen LogP contribution >= 0.6 is 0 Å². The van der Waals surface area contributed by atoms with Gasteiger partial charge in [0, 0.05) is 12.5 Å². The van der Waals surface area contributed by atoms with E-state index in [1.54, 1.807) is 0 Å². The van der Waals surface area contributed by atoms with E-state index >= 15 is 0 Å². The van der Waals surface area contributed by atoms with Crippen molar-refractivity contribution in [1.29, 1.82) is 0 Å². The molecule has 3 heteroatoms. The lowest BCUT2D eigenvalue weighted by Gasteiger charge is -2.26. The van der Waals surface area contributed by atoms with Gasteiger partial charge < -0.3 is 10.6 Å². The van der Waals surface area contributed by atoms with Crippen molar-refractivity contribution < 1.29 is 4.79 Å². The second-order valence-corrected chi connectivity index (χ2v) is 6.03. The molecule has 94 valence electrons. The highest BCUT2D eigenvalue weighted by atomic mass is 16.1. The first kappa shape index (κ1) is 13.5. The van der Waals surface area contributed by atoms with Gasteiger partial charge in [0.15, 0.2) is 0 Å². The predicted molar refractivity (Wildman–Crippen MR) is 67.2 cm³/mol. The molecule has 0 aromatic carbocycles. The Bertz CT molecular complexity index is 227. The molecule has 0 aromatic heterocycles. The van der Waals surface area contributed by atoms with E-state index in [1.165, 1.54) is 6.42 Å². The Morgan fingerprint density at radius 3 is 2.69 bits per heavy atom. The van der Waals surface area contributed by atoms with E-state index in [2.05, 4.69) is 31.4 Å². The Labute approximate surface area is 99.4 Å². The van der Waals surface area contributed by atoms with E-state index in [0.717, 1.165) is 32.0 Å². The van der Waals surface area contributed by atoms with E-state index in [9.17, 15) is 4.79 Å². The van der Waals surface area contributed by atoms with Crippen LogP contribution in [-0.2, 0) is 4.79 Å². The molecule has 0 aromatic rings. The van der Waals surface area contributed by atoms with Crippen LogP contribution in [0.2, 0.25) is 0 Å². The lowest BCUT2D eigenvalue weighted by molar-refractivity contribution is -0.127. The maximum atomic E-state index is 11.8. The van der Waals surface area contributed by atoms with Crippen molar-refractivity contribution in [2.45, 2.75) is 40.5 Å². The van der Waals surface area contributed by atoms with E-state index in [-0.39, 0.29) is 17.2 Å². The maximum Gasteiger partial charge on any atom is 0.223 e. The van der Waals surface area contributed by atoms with Crippen molar-refractivity contribution in [2.75, 3.05) is 19.6 Å². The highest BCUT2D eigenvalue weighted by molar-refractivity contribution is 5.78. The molecule has 3 nitrogen and oxygen atoms in total. The Morgan fingerprint density at radius 2 is 2.19 bits per heavy atom. The normalized spacial score (nSPS) is 23.1. The minimum atomic E-state index is 0.0546. The molecule has 1 fully saturated rings. The summed E-state index contributed by atoms with van der Waals surface area (Å²) in [5, 5.41) is 6.39. The SMILES string of the molecule is CC(C(=O)NCCC1CCNC1)C(C)(C)C. The van der Waals surface area contributed by atoms with Gasteiger partial charge in [0.05, 0.1) is 0 Å². The maximum absolute atomic E-state index is 11.8. The molecule has 2 N–H and O–H groups in total. The van der Waals surface area contributed by atoms with Gasteiger partial charge >= 0.3 is 0 Å². The summed E-state index contributed by atoms with van der Waals surface area (Å²) in [4.78, 5) is 11.8. The summed E-state index contributed by atoms with van der Waals surface area (Å²) >= 11 is 0. The second-order valence-electron chi connectivity index (χ2n) is 6.03. The van der Waals surface area contributed by atoms with Crippen LogP contribution in [0.25, 0.3) is 0 Å². The lowest BCUT2D eigenvalue weighted by atomic mass is 9.81. The molecule has 1 amide bonds. The summed E-state index contributed by atoms with van der Waals surface area (Å²) in [6.07, 6.45) is 2.36. The highest BCUT2D eigenvalue weighted by Crippen LogP contribution is 2.25. The van der Waals surface area contributed by atoms with Gasteiger partial charge in [0.25, 0.3) is 0 Å². The van der Waals surface area contributed by atoms with Gasteiger partial charge in [-0.25, -0.2) is 0 Å². The first-order chi connectivity index (χ1) is 7.41. The van der Waals surface area contributed by atoms with Crippen LogP contribution in [0, 0.1) is 17.3 Å². The molecule has 0 aliphatic carbocycles. The standard InChI is InChI=1S/C13H26N2O/c1-10(13(2,3)4)12(16)15-8-6-11-5-7-14-9-11/h10-11,14H,5-9H2,1-4H3,(H,15,16). The number of carbonyl (C=O) groups excluding carboxylic acids is 1. The summed E-state index contributed by atoms with van der Waals surface area (Å²) in [5.41, 5.74) is 0.0546. The lowest BCUT2D eigenvalue weighted by Crippen LogP contribution is -2.37. The summed E-state index contributed by atoms with van der Waals surface area (Å²) in [6.45, 7) is 11.4. The van der Waals surface area contributed by atoms with Crippen molar-refractivity contribution in [3.05, 3.63) is 0 Å². The Hall–Kier alpha value is -0.570. The fraction of sp³-hybridized carbons (Fsp3) is 0.923. The zero-order chi connectivity index (χ0) is 12.2. The molecule has 0 saturated carbocycles. The molecule has 0 spiro atoms. The molecule has 1 aliphatic rings. The van der Waals surface area contributed by atoms with Gasteiger partial charge in [-0.15, -0.1) is 0 Å². The van der Waals surface area contributed by atoms with Gasteiger partial charge in [0.1, 0.15) is 0 Å². The summed E-state index contributed by atoms with van der Waals surface area (Å²) in [5.74, 6) is 1.03. The summed E-state index contributed by atoms with van der Waals surface area (Å²) < 4.78 is 0. The van der Waals surface area contributed by atoms with Gasteiger partial charge in [-0.05, 0) is 37.3 Å². The molecular formula is C13H26N2O.